The fourth-order valence-corrected chi connectivity index (χ4v) is 2.20. The molecule has 0 fully saturated rings. The Kier molecular flexibility index (Phi) is 4.68. The molecule has 2 aromatic rings. The van der Waals surface area contributed by atoms with Gasteiger partial charge in [-0.05, 0) is 42.5 Å². The zero-order chi connectivity index (χ0) is 13.7. The predicted molar refractivity (Wildman–Crippen MR) is 81.0 cm³/mol. The predicted octanol–water partition coefficient (Wildman–Crippen LogP) is 4.08. The van der Waals surface area contributed by atoms with Gasteiger partial charge in [-0.2, -0.15) is 0 Å². The van der Waals surface area contributed by atoms with Crippen LogP contribution in [0.15, 0.2) is 46.9 Å². The summed E-state index contributed by atoms with van der Waals surface area (Å²) in [7, 11) is 3.34. The van der Waals surface area contributed by atoms with E-state index in [9.17, 15) is 0 Å². The Balaban J connectivity index is 2.07. The van der Waals surface area contributed by atoms with E-state index in [0.29, 0.717) is 6.54 Å². The lowest BCUT2D eigenvalue weighted by atomic mass is 10.2. The Morgan fingerprint density at radius 3 is 2.37 bits per heavy atom. The molecule has 0 amide bonds. The van der Waals surface area contributed by atoms with E-state index in [1.807, 2.05) is 36.4 Å². The van der Waals surface area contributed by atoms with Gasteiger partial charge in [-0.15, -0.1) is 0 Å². The van der Waals surface area contributed by atoms with Crippen LogP contribution in [-0.2, 0) is 6.54 Å². The molecule has 19 heavy (non-hydrogen) atoms. The van der Waals surface area contributed by atoms with E-state index in [2.05, 4.69) is 27.3 Å². The largest absolute Gasteiger partial charge is 0.497 e. The van der Waals surface area contributed by atoms with Crippen molar-refractivity contribution in [1.29, 1.82) is 0 Å². The first kappa shape index (κ1) is 13.7. The molecule has 0 aromatic heterocycles. The van der Waals surface area contributed by atoms with Gasteiger partial charge in [0.15, 0.2) is 0 Å². The minimum absolute atomic E-state index is 0.703. The summed E-state index contributed by atoms with van der Waals surface area (Å²) in [5, 5.41) is 3.36. The summed E-state index contributed by atoms with van der Waals surface area (Å²) in [6, 6.07) is 13.8. The SMILES string of the molecule is COc1ccc(NCc2cc(Br)ccc2OC)cc1. The third-order valence-corrected chi connectivity index (χ3v) is 3.31. The van der Waals surface area contributed by atoms with Crippen LogP contribution in [0, 0.1) is 0 Å². The average molecular weight is 322 g/mol. The van der Waals surface area contributed by atoms with Crippen molar-refractivity contribution in [3.05, 3.63) is 52.5 Å². The zero-order valence-electron chi connectivity index (χ0n) is 10.9. The first-order chi connectivity index (χ1) is 9.22. The number of hydrogen-bond acceptors (Lipinski definition) is 3. The van der Waals surface area contributed by atoms with Gasteiger partial charge in [0.1, 0.15) is 11.5 Å². The van der Waals surface area contributed by atoms with Crippen LogP contribution in [0.25, 0.3) is 0 Å². The van der Waals surface area contributed by atoms with E-state index in [1.165, 1.54) is 0 Å². The number of rotatable bonds is 5. The molecule has 0 bridgehead atoms. The van der Waals surface area contributed by atoms with Crippen LogP contribution in [0.2, 0.25) is 0 Å². The number of ether oxygens (including phenoxy) is 2. The highest BCUT2D eigenvalue weighted by Crippen LogP contribution is 2.24. The Bertz CT molecular complexity index is 540. The third-order valence-electron chi connectivity index (χ3n) is 2.82. The second-order valence-electron chi connectivity index (χ2n) is 4.04. The fraction of sp³-hybridized carbons (Fsp3) is 0.200. The maximum absolute atomic E-state index is 5.34. The lowest BCUT2D eigenvalue weighted by Crippen LogP contribution is -2.01. The van der Waals surface area contributed by atoms with E-state index in [4.69, 9.17) is 9.47 Å². The Hall–Kier alpha value is -1.68. The monoisotopic (exact) mass is 321 g/mol. The number of nitrogens with one attached hydrogen (secondary N) is 1. The van der Waals surface area contributed by atoms with Crippen molar-refractivity contribution < 1.29 is 9.47 Å². The number of anilines is 1. The quantitative estimate of drug-likeness (QED) is 0.900. The molecule has 0 unspecified atom stereocenters. The van der Waals surface area contributed by atoms with E-state index in [0.717, 1.165) is 27.2 Å². The minimum atomic E-state index is 0.703. The highest BCUT2D eigenvalue weighted by molar-refractivity contribution is 9.10. The molecule has 0 heterocycles. The van der Waals surface area contributed by atoms with E-state index >= 15 is 0 Å². The molecule has 2 aromatic carbocycles. The number of hydrogen-bond donors (Lipinski definition) is 1. The second-order valence-corrected chi connectivity index (χ2v) is 4.95. The van der Waals surface area contributed by atoms with Crippen molar-refractivity contribution in [1.82, 2.24) is 0 Å². The smallest absolute Gasteiger partial charge is 0.123 e. The number of benzene rings is 2. The standard InChI is InChI=1S/C15H16BrNO2/c1-18-14-6-4-13(5-7-14)17-10-11-9-12(16)3-8-15(11)19-2/h3-9,17H,10H2,1-2H3. The van der Waals surface area contributed by atoms with Crippen LogP contribution >= 0.6 is 15.9 Å². The molecule has 0 aliphatic carbocycles. The highest BCUT2D eigenvalue weighted by atomic mass is 79.9. The molecule has 0 aliphatic rings. The molecule has 100 valence electrons. The number of methoxy groups -OCH3 is 2. The van der Waals surface area contributed by atoms with Gasteiger partial charge < -0.3 is 14.8 Å². The molecule has 4 heteroatoms. The van der Waals surface area contributed by atoms with Crippen LogP contribution < -0.4 is 14.8 Å². The van der Waals surface area contributed by atoms with Crippen LogP contribution in [0.5, 0.6) is 11.5 Å². The summed E-state index contributed by atoms with van der Waals surface area (Å²) in [6.45, 7) is 0.703. The Labute approximate surface area is 121 Å². The highest BCUT2D eigenvalue weighted by Gasteiger charge is 2.03. The molecular formula is C15H16BrNO2. The van der Waals surface area contributed by atoms with Gasteiger partial charge in [0, 0.05) is 22.3 Å². The molecule has 0 spiro atoms. The Morgan fingerprint density at radius 1 is 1.00 bits per heavy atom. The normalized spacial score (nSPS) is 10.1. The molecule has 0 saturated carbocycles. The maximum atomic E-state index is 5.34. The molecule has 0 atom stereocenters. The summed E-state index contributed by atoms with van der Waals surface area (Å²) in [4.78, 5) is 0. The topological polar surface area (TPSA) is 30.5 Å². The molecule has 3 nitrogen and oxygen atoms in total. The molecule has 0 radical (unpaired) electrons. The lowest BCUT2D eigenvalue weighted by molar-refractivity contribution is 0.410. The van der Waals surface area contributed by atoms with Crippen molar-refractivity contribution >= 4 is 21.6 Å². The van der Waals surface area contributed by atoms with E-state index in [-0.39, 0.29) is 0 Å². The summed E-state index contributed by atoms with van der Waals surface area (Å²) < 4.78 is 11.5. The Morgan fingerprint density at radius 2 is 1.74 bits per heavy atom. The molecule has 0 saturated heterocycles. The van der Waals surface area contributed by atoms with Crippen molar-refractivity contribution in [2.45, 2.75) is 6.54 Å². The van der Waals surface area contributed by atoms with Gasteiger partial charge >= 0.3 is 0 Å². The first-order valence-corrected chi connectivity index (χ1v) is 6.72. The van der Waals surface area contributed by atoms with E-state index < -0.39 is 0 Å². The van der Waals surface area contributed by atoms with E-state index in [1.54, 1.807) is 14.2 Å². The summed E-state index contributed by atoms with van der Waals surface area (Å²) in [5.41, 5.74) is 2.15. The van der Waals surface area contributed by atoms with Crippen molar-refractivity contribution in [2.75, 3.05) is 19.5 Å². The van der Waals surface area contributed by atoms with Crippen LogP contribution in [0.1, 0.15) is 5.56 Å². The zero-order valence-corrected chi connectivity index (χ0v) is 12.5. The maximum Gasteiger partial charge on any atom is 0.123 e. The third kappa shape index (κ3) is 3.64. The van der Waals surface area contributed by atoms with Gasteiger partial charge in [0.05, 0.1) is 14.2 Å². The van der Waals surface area contributed by atoms with Gasteiger partial charge in [-0.25, -0.2) is 0 Å². The van der Waals surface area contributed by atoms with Crippen molar-refractivity contribution in [2.24, 2.45) is 0 Å². The molecular weight excluding hydrogens is 306 g/mol. The van der Waals surface area contributed by atoms with Crippen LogP contribution in [0.4, 0.5) is 5.69 Å². The number of halogens is 1. The van der Waals surface area contributed by atoms with Crippen LogP contribution in [-0.4, -0.2) is 14.2 Å². The summed E-state index contributed by atoms with van der Waals surface area (Å²) >= 11 is 3.47. The molecule has 2 rings (SSSR count). The average Bonchev–Trinajstić information content (AvgIpc) is 2.46. The summed E-state index contributed by atoms with van der Waals surface area (Å²) in [6.07, 6.45) is 0. The minimum Gasteiger partial charge on any atom is -0.497 e. The van der Waals surface area contributed by atoms with Gasteiger partial charge in [0.25, 0.3) is 0 Å². The van der Waals surface area contributed by atoms with Gasteiger partial charge in [0.2, 0.25) is 0 Å². The molecule has 0 aliphatic heterocycles. The van der Waals surface area contributed by atoms with Gasteiger partial charge in [-0.3, -0.25) is 0 Å². The van der Waals surface area contributed by atoms with Crippen LogP contribution in [0.3, 0.4) is 0 Å². The second kappa shape index (κ2) is 6.48. The van der Waals surface area contributed by atoms with Crippen molar-refractivity contribution in [3.8, 4) is 11.5 Å². The van der Waals surface area contributed by atoms with Gasteiger partial charge in [-0.1, -0.05) is 15.9 Å². The summed E-state index contributed by atoms with van der Waals surface area (Å²) in [5.74, 6) is 1.73. The lowest BCUT2D eigenvalue weighted by Gasteiger charge is -2.11. The first-order valence-electron chi connectivity index (χ1n) is 5.93. The molecule has 1 N–H and O–H groups in total. The fourth-order valence-electron chi connectivity index (χ4n) is 1.79. The van der Waals surface area contributed by atoms with Crippen molar-refractivity contribution in [3.63, 3.8) is 0 Å².